The minimum atomic E-state index is 0.114. The molecule has 6 heteroatoms. The van der Waals surface area contributed by atoms with E-state index in [2.05, 4.69) is 46.4 Å². The molecule has 6 nitrogen and oxygen atoms in total. The molecule has 0 radical (unpaired) electrons. The summed E-state index contributed by atoms with van der Waals surface area (Å²) in [6, 6.07) is 20.5. The molecule has 0 spiro atoms. The lowest BCUT2D eigenvalue weighted by Crippen LogP contribution is -2.34. The molecule has 30 heavy (non-hydrogen) atoms. The fraction of sp³-hybridized carbons (Fsp3) is 0.292. The van der Waals surface area contributed by atoms with Crippen molar-refractivity contribution < 1.29 is 5.11 Å². The summed E-state index contributed by atoms with van der Waals surface area (Å²) in [4.78, 5) is 12.2. The van der Waals surface area contributed by atoms with E-state index < -0.39 is 0 Å². The first-order valence-corrected chi connectivity index (χ1v) is 10.5. The van der Waals surface area contributed by atoms with Crippen molar-refractivity contribution >= 4 is 16.7 Å². The van der Waals surface area contributed by atoms with E-state index in [1.165, 1.54) is 5.69 Å². The van der Waals surface area contributed by atoms with E-state index >= 15 is 0 Å². The zero-order chi connectivity index (χ0) is 20.3. The predicted molar refractivity (Wildman–Crippen MR) is 118 cm³/mol. The molecule has 1 N–H and O–H groups in total. The van der Waals surface area contributed by atoms with Crippen molar-refractivity contribution in [3.05, 3.63) is 72.6 Å². The van der Waals surface area contributed by atoms with Crippen LogP contribution in [0.4, 0.5) is 5.82 Å². The molecular weight excluding hydrogens is 374 g/mol. The molecule has 2 aromatic heterocycles. The summed E-state index contributed by atoms with van der Waals surface area (Å²) in [6.07, 6.45) is 3.91. The number of nitrogens with zero attached hydrogens (tertiary/aromatic N) is 5. The molecule has 3 heterocycles. The summed E-state index contributed by atoms with van der Waals surface area (Å²) in [5.74, 6) is 2.24. The number of hydrogen-bond acceptors (Lipinski definition) is 5. The van der Waals surface area contributed by atoms with Gasteiger partial charge in [-0.15, -0.1) is 0 Å². The summed E-state index contributed by atoms with van der Waals surface area (Å²) in [6.45, 7) is 2.54. The smallest absolute Gasteiger partial charge is 0.162 e. The van der Waals surface area contributed by atoms with Gasteiger partial charge in [0.1, 0.15) is 5.82 Å². The van der Waals surface area contributed by atoms with Gasteiger partial charge in [-0.3, -0.25) is 4.68 Å². The second-order valence-corrected chi connectivity index (χ2v) is 7.72. The molecule has 1 saturated heterocycles. The Morgan fingerprint density at radius 1 is 0.900 bits per heavy atom. The van der Waals surface area contributed by atoms with Crippen LogP contribution in [-0.2, 0) is 6.54 Å². The van der Waals surface area contributed by atoms with Crippen molar-refractivity contribution in [3.63, 3.8) is 0 Å². The molecule has 2 aromatic carbocycles. The average Bonchev–Trinajstić information content (AvgIpc) is 3.27. The maximum atomic E-state index is 9.29. The van der Waals surface area contributed by atoms with Gasteiger partial charge in [-0.1, -0.05) is 42.5 Å². The van der Waals surface area contributed by atoms with E-state index in [1.807, 2.05) is 35.1 Å². The van der Waals surface area contributed by atoms with E-state index in [-0.39, 0.29) is 6.61 Å². The largest absolute Gasteiger partial charge is 0.394 e. The van der Waals surface area contributed by atoms with E-state index in [4.69, 9.17) is 9.97 Å². The van der Waals surface area contributed by atoms with Crippen LogP contribution in [0.3, 0.4) is 0 Å². The van der Waals surface area contributed by atoms with Gasteiger partial charge in [0.25, 0.3) is 0 Å². The van der Waals surface area contributed by atoms with Crippen LogP contribution < -0.4 is 4.90 Å². The molecule has 0 bridgehead atoms. The SMILES string of the molecule is OCCn1nccc1C1CCN(c2nc(-c3ccccc3)nc3ccccc23)CC1. The summed E-state index contributed by atoms with van der Waals surface area (Å²) in [7, 11) is 0. The van der Waals surface area contributed by atoms with E-state index in [9.17, 15) is 5.11 Å². The van der Waals surface area contributed by atoms with Crippen LogP contribution in [0, 0.1) is 0 Å². The van der Waals surface area contributed by atoms with Crippen LogP contribution >= 0.6 is 0 Å². The Labute approximate surface area is 175 Å². The van der Waals surface area contributed by atoms with Crippen molar-refractivity contribution in [1.82, 2.24) is 19.7 Å². The normalized spacial score (nSPS) is 15.0. The molecule has 5 rings (SSSR count). The highest BCUT2D eigenvalue weighted by Gasteiger charge is 2.25. The molecule has 152 valence electrons. The van der Waals surface area contributed by atoms with Crippen LogP contribution in [0.5, 0.6) is 0 Å². The zero-order valence-electron chi connectivity index (χ0n) is 16.9. The number of aliphatic hydroxyl groups excluding tert-OH is 1. The molecule has 1 fully saturated rings. The number of anilines is 1. The average molecular weight is 399 g/mol. The molecule has 4 aromatic rings. The first-order chi connectivity index (χ1) is 14.8. The number of rotatable bonds is 5. The van der Waals surface area contributed by atoms with Crippen molar-refractivity contribution in [1.29, 1.82) is 0 Å². The summed E-state index contributed by atoms with van der Waals surface area (Å²) in [5, 5.41) is 14.8. The van der Waals surface area contributed by atoms with Gasteiger partial charge in [0.05, 0.1) is 18.7 Å². The fourth-order valence-electron chi connectivity index (χ4n) is 4.38. The third-order valence-electron chi connectivity index (χ3n) is 5.89. The van der Waals surface area contributed by atoms with Gasteiger partial charge in [0.15, 0.2) is 5.82 Å². The Hall–Kier alpha value is -3.25. The second-order valence-electron chi connectivity index (χ2n) is 7.72. The zero-order valence-corrected chi connectivity index (χ0v) is 16.9. The number of aliphatic hydroxyl groups is 1. The lowest BCUT2D eigenvalue weighted by atomic mass is 9.93. The van der Waals surface area contributed by atoms with Crippen LogP contribution in [0.25, 0.3) is 22.3 Å². The topological polar surface area (TPSA) is 67.1 Å². The molecular formula is C24H25N5O. The third kappa shape index (κ3) is 3.55. The number of hydrogen-bond donors (Lipinski definition) is 1. The molecule has 0 aliphatic carbocycles. The summed E-state index contributed by atoms with van der Waals surface area (Å²) < 4.78 is 1.94. The molecule has 0 atom stereocenters. The first kappa shape index (κ1) is 18.8. The number of benzene rings is 2. The Morgan fingerprint density at radius 3 is 2.47 bits per heavy atom. The lowest BCUT2D eigenvalue weighted by molar-refractivity contribution is 0.265. The Morgan fingerprint density at radius 2 is 1.67 bits per heavy atom. The predicted octanol–water partition coefficient (Wildman–Crippen LogP) is 3.87. The number of para-hydroxylation sites is 1. The van der Waals surface area contributed by atoms with Crippen molar-refractivity contribution in [3.8, 4) is 11.4 Å². The Balaban J connectivity index is 1.44. The minimum Gasteiger partial charge on any atom is -0.394 e. The monoisotopic (exact) mass is 399 g/mol. The number of fused-ring (bicyclic) bond motifs is 1. The van der Waals surface area contributed by atoms with E-state index in [1.54, 1.807) is 0 Å². The minimum absolute atomic E-state index is 0.114. The second kappa shape index (κ2) is 8.24. The maximum absolute atomic E-state index is 9.29. The van der Waals surface area contributed by atoms with Gasteiger partial charge in [-0.25, -0.2) is 9.97 Å². The van der Waals surface area contributed by atoms with E-state index in [0.29, 0.717) is 12.5 Å². The maximum Gasteiger partial charge on any atom is 0.162 e. The molecule has 0 unspecified atom stereocenters. The molecule has 0 saturated carbocycles. The fourth-order valence-corrected chi connectivity index (χ4v) is 4.38. The number of aromatic nitrogens is 4. The van der Waals surface area contributed by atoms with Crippen molar-refractivity contribution in [2.75, 3.05) is 24.6 Å². The van der Waals surface area contributed by atoms with Gasteiger partial charge in [0.2, 0.25) is 0 Å². The van der Waals surface area contributed by atoms with Gasteiger partial charge in [-0.05, 0) is 31.0 Å². The van der Waals surface area contributed by atoms with Gasteiger partial charge in [0, 0.05) is 41.8 Å². The van der Waals surface area contributed by atoms with Gasteiger partial charge >= 0.3 is 0 Å². The van der Waals surface area contributed by atoms with Gasteiger partial charge in [-0.2, -0.15) is 5.10 Å². The highest BCUT2D eigenvalue weighted by molar-refractivity contribution is 5.91. The molecule has 1 aliphatic rings. The van der Waals surface area contributed by atoms with Crippen LogP contribution in [-0.4, -0.2) is 44.6 Å². The Bertz CT molecular complexity index is 1130. The van der Waals surface area contributed by atoms with E-state index in [0.717, 1.165) is 54.0 Å². The van der Waals surface area contributed by atoms with Gasteiger partial charge < -0.3 is 10.0 Å². The summed E-state index contributed by atoms with van der Waals surface area (Å²) in [5.41, 5.74) is 3.23. The van der Waals surface area contributed by atoms with Crippen LogP contribution in [0.1, 0.15) is 24.5 Å². The van der Waals surface area contributed by atoms with Crippen molar-refractivity contribution in [2.45, 2.75) is 25.3 Å². The van der Waals surface area contributed by atoms with Crippen LogP contribution in [0.2, 0.25) is 0 Å². The Kier molecular flexibility index (Phi) is 5.15. The van der Waals surface area contributed by atoms with Crippen molar-refractivity contribution in [2.24, 2.45) is 0 Å². The molecule has 1 aliphatic heterocycles. The highest BCUT2D eigenvalue weighted by atomic mass is 16.3. The quantitative estimate of drug-likeness (QED) is 0.552. The number of piperidine rings is 1. The summed E-state index contributed by atoms with van der Waals surface area (Å²) >= 11 is 0. The van der Waals surface area contributed by atoms with Crippen LogP contribution in [0.15, 0.2) is 66.9 Å². The third-order valence-corrected chi connectivity index (χ3v) is 5.89. The highest BCUT2D eigenvalue weighted by Crippen LogP contribution is 2.33. The molecule has 0 amide bonds. The standard InChI is InChI=1S/C24H25N5O/c30-17-16-29-22(10-13-25-29)18-11-14-28(15-12-18)24-20-8-4-5-9-21(20)26-23(27-24)19-6-2-1-3-7-19/h1-10,13,18,30H,11-12,14-17H2. The lowest BCUT2D eigenvalue weighted by Gasteiger charge is -2.33. The first-order valence-electron chi connectivity index (χ1n) is 10.5.